The summed E-state index contributed by atoms with van der Waals surface area (Å²) < 4.78 is 2.82. The molecular formula is C18H23BrN4O. The van der Waals surface area contributed by atoms with Gasteiger partial charge in [0.05, 0.1) is 23.1 Å². The second-order valence-corrected chi connectivity index (χ2v) is 7.69. The first-order valence-electron chi connectivity index (χ1n) is 8.28. The van der Waals surface area contributed by atoms with Crippen LogP contribution in [0, 0.1) is 12.3 Å². The number of aromatic nitrogens is 2. The van der Waals surface area contributed by atoms with Gasteiger partial charge in [-0.3, -0.25) is 4.79 Å². The zero-order valence-corrected chi connectivity index (χ0v) is 15.7. The molecule has 2 aromatic rings. The van der Waals surface area contributed by atoms with Crippen molar-refractivity contribution in [3.05, 3.63) is 46.2 Å². The standard InChI is InChI=1S/C18H23BrN4O/c1-13-16(11-22-23(13)15-5-3-14(19)4-6-15)17(24)21-12-18(2)7-9-20-10-8-18/h3-6,11,20H,7-10,12H2,1-2H3,(H,21,24). The Morgan fingerprint density at radius 2 is 2.00 bits per heavy atom. The molecule has 1 amide bonds. The molecular weight excluding hydrogens is 368 g/mol. The highest BCUT2D eigenvalue weighted by Gasteiger charge is 2.27. The van der Waals surface area contributed by atoms with Crippen LogP contribution in [0.2, 0.25) is 0 Å². The summed E-state index contributed by atoms with van der Waals surface area (Å²) in [5, 5.41) is 10.8. The number of halogens is 1. The SMILES string of the molecule is Cc1c(C(=O)NCC2(C)CCNCC2)cnn1-c1ccc(Br)cc1. The molecule has 1 fully saturated rings. The van der Waals surface area contributed by atoms with Crippen molar-refractivity contribution < 1.29 is 4.79 Å². The molecule has 3 rings (SSSR count). The van der Waals surface area contributed by atoms with Gasteiger partial charge in [0, 0.05) is 11.0 Å². The molecule has 0 spiro atoms. The Hall–Kier alpha value is -1.66. The van der Waals surface area contributed by atoms with Crippen molar-refractivity contribution in [2.24, 2.45) is 5.41 Å². The van der Waals surface area contributed by atoms with E-state index in [0.29, 0.717) is 12.1 Å². The molecule has 0 unspecified atom stereocenters. The molecule has 0 radical (unpaired) electrons. The van der Waals surface area contributed by atoms with Gasteiger partial charge in [0.2, 0.25) is 0 Å². The maximum Gasteiger partial charge on any atom is 0.254 e. The fourth-order valence-electron chi connectivity index (χ4n) is 3.07. The number of hydrogen-bond acceptors (Lipinski definition) is 3. The molecule has 0 bridgehead atoms. The van der Waals surface area contributed by atoms with E-state index in [1.54, 1.807) is 10.9 Å². The lowest BCUT2D eigenvalue weighted by molar-refractivity contribution is 0.0921. The van der Waals surface area contributed by atoms with Gasteiger partial charge in [-0.2, -0.15) is 5.10 Å². The van der Waals surface area contributed by atoms with Gasteiger partial charge >= 0.3 is 0 Å². The smallest absolute Gasteiger partial charge is 0.254 e. The summed E-state index contributed by atoms with van der Waals surface area (Å²) in [6.45, 7) is 6.92. The Balaban J connectivity index is 1.70. The van der Waals surface area contributed by atoms with Gasteiger partial charge in [-0.1, -0.05) is 22.9 Å². The molecule has 1 aromatic carbocycles. The second kappa shape index (κ2) is 7.07. The summed E-state index contributed by atoms with van der Waals surface area (Å²) in [6, 6.07) is 7.88. The molecule has 5 nitrogen and oxygen atoms in total. The minimum Gasteiger partial charge on any atom is -0.351 e. The summed E-state index contributed by atoms with van der Waals surface area (Å²) >= 11 is 3.43. The zero-order valence-electron chi connectivity index (χ0n) is 14.1. The van der Waals surface area contributed by atoms with Crippen LogP contribution in [-0.4, -0.2) is 35.3 Å². The van der Waals surface area contributed by atoms with E-state index in [9.17, 15) is 4.79 Å². The predicted octanol–water partition coefficient (Wildman–Crippen LogP) is 3.06. The van der Waals surface area contributed by atoms with Crippen molar-refractivity contribution in [1.82, 2.24) is 20.4 Å². The number of nitrogens with one attached hydrogen (secondary N) is 2. The largest absolute Gasteiger partial charge is 0.351 e. The van der Waals surface area contributed by atoms with Crippen LogP contribution in [0.1, 0.15) is 35.8 Å². The van der Waals surface area contributed by atoms with Crippen molar-refractivity contribution in [2.75, 3.05) is 19.6 Å². The van der Waals surface area contributed by atoms with Gasteiger partial charge in [-0.25, -0.2) is 4.68 Å². The van der Waals surface area contributed by atoms with Gasteiger partial charge < -0.3 is 10.6 Å². The summed E-state index contributed by atoms with van der Waals surface area (Å²) in [7, 11) is 0. The van der Waals surface area contributed by atoms with Crippen LogP contribution < -0.4 is 10.6 Å². The highest BCUT2D eigenvalue weighted by Crippen LogP contribution is 2.27. The first-order valence-corrected chi connectivity index (χ1v) is 9.07. The van der Waals surface area contributed by atoms with Crippen LogP contribution >= 0.6 is 15.9 Å². The van der Waals surface area contributed by atoms with Gasteiger partial charge in [-0.15, -0.1) is 0 Å². The van der Waals surface area contributed by atoms with Gasteiger partial charge in [0.25, 0.3) is 5.91 Å². The molecule has 0 atom stereocenters. The Kier molecular flexibility index (Phi) is 5.06. The summed E-state index contributed by atoms with van der Waals surface area (Å²) in [4.78, 5) is 12.6. The lowest BCUT2D eigenvalue weighted by Crippen LogP contribution is -2.43. The van der Waals surface area contributed by atoms with Crippen molar-refractivity contribution in [1.29, 1.82) is 0 Å². The quantitative estimate of drug-likeness (QED) is 0.842. The molecule has 0 aliphatic carbocycles. The van der Waals surface area contributed by atoms with Crippen LogP contribution in [0.25, 0.3) is 5.69 Å². The monoisotopic (exact) mass is 390 g/mol. The Bertz CT molecular complexity index is 717. The maximum absolute atomic E-state index is 12.6. The maximum atomic E-state index is 12.6. The minimum absolute atomic E-state index is 0.0457. The third-order valence-electron chi connectivity index (χ3n) is 4.81. The third-order valence-corrected chi connectivity index (χ3v) is 5.34. The number of carbonyl (C=O) groups excluding carboxylic acids is 1. The molecule has 6 heteroatoms. The van der Waals surface area contributed by atoms with Crippen LogP contribution in [0.3, 0.4) is 0 Å². The van der Waals surface area contributed by atoms with Crippen LogP contribution in [-0.2, 0) is 0 Å². The van der Waals surface area contributed by atoms with E-state index in [0.717, 1.165) is 41.8 Å². The molecule has 128 valence electrons. The van der Waals surface area contributed by atoms with E-state index in [2.05, 4.69) is 38.6 Å². The summed E-state index contributed by atoms with van der Waals surface area (Å²) in [6.07, 6.45) is 3.83. The molecule has 24 heavy (non-hydrogen) atoms. The Morgan fingerprint density at radius 3 is 2.67 bits per heavy atom. The molecule has 0 saturated carbocycles. The molecule has 1 saturated heterocycles. The summed E-state index contributed by atoms with van der Waals surface area (Å²) in [5.74, 6) is -0.0457. The predicted molar refractivity (Wildman–Crippen MR) is 98.5 cm³/mol. The average Bonchev–Trinajstić information content (AvgIpc) is 2.96. The van der Waals surface area contributed by atoms with Gasteiger partial charge in [0.15, 0.2) is 0 Å². The second-order valence-electron chi connectivity index (χ2n) is 6.78. The normalized spacial score (nSPS) is 16.8. The van der Waals surface area contributed by atoms with E-state index in [-0.39, 0.29) is 11.3 Å². The highest BCUT2D eigenvalue weighted by atomic mass is 79.9. The van der Waals surface area contributed by atoms with Crippen molar-refractivity contribution >= 4 is 21.8 Å². The number of carbonyl (C=O) groups is 1. The number of piperidine rings is 1. The summed E-state index contributed by atoms with van der Waals surface area (Å²) in [5.41, 5.74) is 2.61. The zero-order chi connectivity index (χ0) is 17.2. The fourth-order valence-corrected chi connectivity index (χ4v) is 3.34. The average molecular weight is 391 g/mol. The Labute approximate surface area is 151 Å². The lowest BCUT2D eigenvalue weighted by atomic mass is 9.81. The lowest BCUT2D eigenvalue weighted by Gasteiger charge is -2.34. The van der Waals surface area contributed by atoms with Crippen LogP contribution in [0.15, 0.2) is 34.9 Å². The number of benzene rings is 1. The van der Waals surface area contributed by atoms with E-state index in [1.807, 2.05) is 31.2 Å². The van der Waals surface area contributed by atoms with Crippen molar-refractivity contribution in [3.63, 3.8) is 0 Å². The molecule has 1 aliphatic rings. The minimum atomic E-state index is -0.0457. The van der Waals surface area contributed by atoms with Crippen molar-refractivity contribution in [2.45, 2.75) is 26.7 Å². The number of hydrogen-bond donors (Lipinski definition) is 2. The molecule has 2 heterocycles. The number of amides is 1. The van der Waals surface area contributed by atoms with E-state index >= 15 is 0 Å². The van der Waals surface area contributed by atoms with Gasteiger partial charge in [-0.05, 0) is 62.5 Å². The van der Waals surface area contributed by atoms with Gasteiger partial charge in [0.1, 0.15) is 0 Å². The van der Waals surface area contributed by atoms with E-state index < -0.39 is 0 Å². The fraction of sp³-hybridized carbons (Fsp3) is 0.444. The highest BCUT2D eigenvalue weighted by molar-refractivity contribution is 9.10. The molecule has 1 aromatic heterocycles. The van der Waals surface area contributed by atoms with Crippen molar-refractivity contribution in [3.8, 4) is 5.69 Å². The Morgan fingerprint density at radius 1 is 1.33 bits per heavy atom. The van der Waals surface area contributed by atoms with Crippen LogP contribution in [0.5, 0.6) is 0 Å². The topological polar surface area (TPSA) is 59.0 Å². The first kappa shape index (κ1) is 17.2. The molecule has 2 N–H and O–H groups in total. The first-order chi connectivity index (χ1) is 11.5. The van der Waals surface area contributed by atoms with Crippen LogP contribution in [0.4, 0.5) is 0 Å². The third kappa shape index (κ3) is 3.70. The number of rotatable bonds is 4. The molecule has 1 aliphatic heterocycles. The number of nitrogens with zero attached hydrogens (tertiary/aromatic N) is 2. The van der Waals surface area contributed by atoms with E-state index in [1.165, 1.54) is 0 Å². The van der Waals surface area contributed by atoms with E-state index in [4.69, 9.17) is 0 Å².